The zero-order valence-corrected chi connectivity index (χ0v) is 25.9. The van der Waals surface area contributed by atoms with E-state index < -0.39 is 25.0 Å². The normalized spacial score (nSPS) is 16.9. The Labute approximate surface area is 192 Å². The van der Waals surface area contributed by atoms with E-state index in [9.17, 15) is 0 Å². The number of hydrogen-bond donors (Lipinski definition) is 0. The van der Waals surface area contributed by atoms with E-state index in [0.29, 0.717) is 13.0 Å². The SMILES string of the molecule is C#CC(CC(CO[Si](C)(C)C(C)(C)C)O[Si](C)(C)C(C)(C)C)O[Si](C)(C)C(C)(C)C. The highest BCUT2D eigenvalue weighted by Gasteiger charge is 2.43. The minimum atomic E-state index is -1.96. The molecule has 0 radical (unpaired) electrons. The van der Waals surface area contributed by atoms with Gasteiger partial charge in [-0.2, -0.15) is 0 Å². The van der Waals surface area contributed by atoms with Crippen LogP contribution in [-0.2, 0) is 13.3 Å². The van der Waals surface area contributed by atoms with Gasteiger partial charge < -0.3 is 13.3 Å². The van der Waals surface area contributed by atoms with Crippen LogP contribution in [0.5, 0.6) is 0 Å². The quantitative estimate of drug-likeness (QED) is 0.253. The summed E-state index contributed by atoms with van der Waals surface area (Å²) in [6.07, 6.45) is 6.33. The molecule has 0 amide bonds. The Balaban J connectivity index is 5.65. The summed E-state index contributed by atoms with van der Waals surface area (Å²) in [6, 6.07) is 0. The molecule has 2 atom stereocenters. The van der Waals surface area contributed by atoms with Gasteiger partial charge in [0.1, 0.15) is 6.10 Å². The first-order valence-corrected chi connectivity index (χ1v) is 20.1. The number of hydrogen-bond acceptors (Lipinski definition) is 3. The first kappa shape index (κ1) is 30.1. The Morgan fingerprint density at radius 3 is 1.37 bits per heavy atom. The summed E-state index contributed by atoms with van der Waals surface area (Å²) in [5, 5.41) is 0.418. The molecule has 0 heterocycles. The van der Waals surface area contributed by atoms with Crippen LogP contribution in [0.3, 0.4) is 0 Å². The van der Waals surface area contributed by atoms with E-state index in [1.165, 1.54) is 0 Å². The lowest BCUT2D eigenvalue weighted by Crippen LogP contribution is -2.49. The van der Waals surface area contributed by atoms with Crippen molar-refractivity contribution >= 4 is 25.0 Å². The molecule has 2 unspecified atom stereocenters. The third-order valence-corrected chi connectivity index (χ3v) is 21.1. The van der Waals surface area contributed by atoms with Gasteiger partial charge in [-0.1, -0.05) is 68.2 Å². The number of rotatable bonds is 9. The zero-order chi connectivity index (χ0) is 24.4. The summed E-state index contributed by atoms with van der Waals surface area (Å²) in [7, 11) is -5.80. The van der Waals surface area contributed by atoms with Crippen LogP contribution in [0.25, 0.3) is 0 Å². The minimum absolute atomic E-state index is 0.0502. The van der Waals surface area contributed by atoms with E-state index in [-0.39, 0.29) is 27.3 Å². The van der Waals surface area contributed by atoms with Gasteiger partial charge in [-0.05, 0) is 54.4 Å². The van der Waals surface area contributed by atoms with Crippen molar-refractivity contribution in [3.05, 3.63) is 0 Å². The maximum Gasteiger partial charge on any atom is 0.193 e. The maximum absolute atomic E-state index is 6.82. The molecule has 0 aliphatic rings. The van der Waals surface area contributed by atoms with E-state index >= 15 is 0 Å². The molecule has 3 nitrogen and oxygen atoms in total. The molecule has 0 aromatic carbocycles. The molecule has 0 N–H and O–H groups in total. The predicted molar refractivity (Wildman–Crippen MR) is 141 cm³/mol. The molecule has 0 spiro atoms. The van der Waals surface area contributed by atoms with Crippen LogP contribution in [0, 0.1) is 12.3 Å². The minimum Gasteiger partial charge on any atom is -0.414 e. The summed E-state index contributed by atoms with van der Waals surface area (Å²) in [5.74, 6) is 2.92. The lowest BCUT2D eigenvalue weighted by Gasteiger charge is -2.43. The molecule has 0 saturated carbocycles. The molecule has 0 aromatic heterocycles. The van der Waals surface area contributed by atoms with Crippen molar-refractivity contribution in [2.75, 3.05) is 6.61 Å². The van der Waals surface area contributed by atoms with Crippen molar-refractivity contribution in [3.8, 4) is 12.3 Å². The molecule has 0 rings (SSSR count). The van der Waals surface area contributed by atoms with E-state index in [0.717, 1.165) is 0 Å². The van der Waals surface area contributed by atoms with Gasteiger partial charge in [-0.3, -0.25) is 0 Å². The Hall–Kier alpha value is 0.0906. The van der Waals surface area contributed by atoms with Gasteiger partial charge in [0.05, 0.1) is 12.7 Å². The summed E-state index contributed by atoms with van der Waals surface area (Å²) < 4.78 is 20.0. The monoisotopic (exact) mass is 472 g/mol. The van der Waals surface area contributed by atoms with Gasteiger partial charge in [-0.25, -0.2) is 0 Å². The topological polar surface area (TPSA) is 27.7 Å². The zero-order valence-electron chi connectivity index (χ0n) is 22.9. The van der Waals surface area contributed by atoms with Crippen LogP contribution in [0.4, 0.5) is 0 Å². The third kappa shape index (κ3) is 8.55. The van der Waals surface area contributed by atoms with Gasteiger partial charge >= 0.3 is 0 Å². The first-order valence-electron chi connectivity index (χ1n) is 11.4. The smallest absolute Gasteiger partial charge is 0.193 e. The molecule has 30 heavy (non-hydrogen) atoms. The Morgan fingerprint density at radius 1 is 0.667 bits per heavy atom. The van der Waals surface area contributed by atoms with Crippen LogP contribution in [0.15, 0.2) is 0 Å². The highest BCUT2D eigenvalue weighted by atomic mass is 28.4. The Bertz CT molecular complexity index is 585. The van der Waals surface area contributed by atoms with E-state index in [4.69, 9.17) is 19.7 Å². The molecule has 0 aliphatic heterocycles. The second-order valence-corrected chi connectivity index (χ2v) is 27.7. The fourth-order valence-corrected chi connectivity index (χ4v) is 5.80. The average Bonchev–Trinajstić information content (AvgIpc) is 2.48. The lowest BCUT2D eigenvalue weighted by atomic mass is 10.2. The molecule has 0 saturated heterocycles. The number of terminal acetylenes is 1. The standard InChI is InChI=1S/C24H52O3Si3/c1-17-20(26-29(13,14)23(5,6)7)18-21(27-30(15,16)24(8,9)10)19-25-28(11,12)22(2,3)4/h1,20-21H,18-19H2,2-16H3. The van der Waals surface area contributed by atoms with Crippen LogP contribution in [0.1, 0.15) is 68.7 Å². The van der Waals surface area contributed by atoms with Crippen LogP contribution in [0.2, 0.25) is 54.4 Å². The van der Waals surface area contributed by atoms with Crippen molar-refractivity contribution in [3.63, 3.8) is 0 Å². The fourth-order valence-electron chi connectivity index (χ4n) is 2.18. The van der Waals surface area contributed by atoms with Crippen molar-refractivity contribution < 1.29 is 13.3 Å². The van der Waals surface area contributed by atoms with Crippen molar-refractivity contribution in [1.29, 1.82) is 0 Å². The summed E-state index contributed by atoms with van der Waals surface area (Å²) in [6.45, 7) is 34.7. The lowest BCUT2D eigenvalue weighted by molar-refractivity contribution is 0.0716. The van der Waals surface area contributed by atoms with Crippen molar-refractivity contribution in [1.82, 2.24) is 0 Å². The first-order chi connectivity index (χ1) is 13.0. The van der Waals surface area contributed by atoms with Crippen LogP contribution in [-0.4, -0.2) is 43.8 Å². The summed E-state index contributed by atoms with van der Waals surface area (Å²) in [4.78, 5) is 0. The molecular weight excluding hydrogens is 421 g/mol. The van der Waals surface area contributed by atoms with Crippen LogP contribution >= 0.6 is 0 Å². The van der Waals surface area contributed by atoms with Gasteiger partial charge in [0.25, 0.3) is 0 Å². The predicted octanol–water partition coefficient (Wildman–Crippen LogP) is 7.81. The van der Waals surface area contributed by atoms with Gasteiger partial charge in [0, 0.05) is 6.42 Å². The van der Waals surface area contributed by atoms with E-state index in [2.05, 4.69) is 108 Å². The Morgan fingerprint density at radius 2 is 1.03 bits per heavy atom. The molecule has 0 fully saturated rings. The molecule has 6 heteroatoms. The molecule has 178 valence electrons. The molecular formula is C24H52O3Si3. The molecule has 0 aliphatic carbocycles. The largest absolute Gasteiger partial charge is 0.414 e. The van der Waals surface area contributed by atoms with Gasteiger partial charge in [0.2, 0.25) is 0 Å². The fraction of sp³-hybridized carbons (Fsp3) is 0.917. The molecule has 0 aromatic rings. The third-order valence-electron chi connectivity index (χ3n) is 7.61. The van der Waals surface area contributed by atoms with E-state index in [1.807, 2.05) is 0 Å². The highest BCUT2D eigenvalue weighted by Crippen LogP contribution is 2.41. The summed E-state index contributed by atoms with van der Waals surface area (Å²) >= 11 is 0. The highest BCUT2D eigenvalue weighted by molar-refractivity contribution is 6.75. The van der Waals surface area contributed by atoms with Crippen molar-refractivity contribution in [2.45, 2.75) is 135 Å². The molecule has 0 bridgehead atoms. The second-order valence-electron chi connectivity index (χ2n) is 13.3. The average molecular weight is 473 g/mol. The maximum atomic E-state index is 6.82. The van der Waals surface area contributed by atoms with Gasteiger partial charge in [0.15, 0.2) is 25.0 Å². The second kappa shape index (κ2) is 9.93. The van der Waals surface area contributed by atoms with E-state index in [1.54, 1.807) is 0 Å². The Kier molecular flexibility index (Phi) is 9.96. The summed E-state index contributed by atoms with van der Waals surface area (Å²) in [5.41, 5.74) is 0. The van der Waals surface area contributed by atoms with Gasteiger partial charge in [-0.15, -0.1) is 6.42 Å². The van der Waals surface area contributed by atoms with Crippen LogP contribution < -0.4 is 0 Å². The van der Waals surface area contributed by atoms with Crippen molar-refractivity contribution in [2.24, 2.45) is 0 Å².